The molecule has 6 rings (SSSR count). The van der Waals surface area contributed by atoms with E-state index in [0.29, 0.717) is 27.2 Å². The molecule has 5 atom stereocenters. The fraction of sp³-hybridized carbons (Fsp3) is 0.371. The van der Waals surface area contributed by atoms with E-state index in [4.69, 9.17) is 16.3 Å². The largest absolute Gasteiger partial charge is 0.475 e. The summed E-state index contributed by atoms with van der Waals surface area (Å²) in [6, 6.07) is 13.1. The predicted molar refractivity (Wildman–Crippen MR) is 173 cm³/mol. The Morgan fingerprint density at radius 3 is 2.62 bits per heavy atom. The molecule has 0 aromatic heterocycles. The maximum absolute atomic E-state index is 16.9. The molecule has 4 aliphatic rings. The normalized spacial score (nSPS) is 26.2. The Bertz CT molecular complexity index is 1840. The highest BCUT2D eigenvalue weighted by Gasteiger charge is 2.44. The number of likely N-dealkylation sites (tertiary alicyclic amines) is 1. The lowest BCUT2D eigenvalue weighted by Gasteiger charge is -2.45. The zero-order valence-electron chi connectivity index (χ0n) is 25.7. The highest BCUT2D eigenvalue weighted by Crippen LogP contribution is 2.44. The lowest BCUT2D eigenvalue weighted by molar-refractivity contribution is -0.133. The second kappa shape index (κ2) is 13.3. The molecule has 2 unspecified atom stereocenters. The molecule has 12 heteroatoms. The summed E-state index contributed by atoms with van der Waals surface area (Å²) in [6.07, 6.45) is 2.61. The minimum Gasteiger partial charge on any atom is -0.475 e. The summed E-state index contributed by atoms with van der Waals surface area (Å²) in [7, 11) is 1.79. The molecule has 0 bridgehead atoms. The van der Waals surface area contributed by atoms with Gasteiger partial charge in [0.25, 0.3) is 5.91 Å². The van der Waals surface area contributed by atoms with E-state index >= 15 is 4.39 Å². The minimum atomic E-state index is -1.13. The molecule has 47 heavy (non-hydrogen) atoms. The van der Waals surface area contributed by atoms with Gasteiger partial charge in [0, 0.05) is 59.8 Å². The van der Waals surface area contributed by atoms with Crippen LogP contribution in [0.15, 0.2) is 83.0 Å². The summed E-state index contributed by atoms with van der Waals surface area (Å²) in [5, 5.41) is 22.0. The number of nitriles is 2. The second-order valence-electron chi connectivity index (χ2n) is 12.1. The van der Waals surface area contributed by atoms with Crippen molar-refractivity contribution in [3.63, 3.8) is 0 Å². The monoisotopic (exact) mass is 660 g/mol. The Morgan fingerprint density at radius 1 is 1.17 bits per heavy atom. The molecule has 1 aliphatic carbocycles. The second-order valence-corrected chi connectivity index (χ2v) is 12.6. The molecule has 1 amide bonds. The SMILES string of the molecule is C=C(F)C(=O)N1CCN(C2=C(C#N)C(OC[C@@H]3C[C@@H](F)CN3C)=NC3C(F)=C(c4cccc5cccc(Cl)c45)C=CC23)C[C@@H]1CC#N. The van der Waals surface area contributed by atoms with E-state index in [2.05, 4.69) is 23.7 Å². The molecule has 0 radical (unpaired) electrons. The number of amides is 1. The molecule has 2 fully saturated rings. The number of hydrogen-bond donors (Lipinski definition) is 0. The van der Waals surface area contributed by atoms with Gasteiger partial charge in [-0.25, -0.2) is 18.2 Å². The average Bonchev–Trinajstić information content (AvgIpc) is 3.39. The fourth-order valence-electron chi connectivity index (χ4n) is 7.03. The van der Waals surface area contributed by atoms with Gasteiger partial charge >= 0.3 is 0 Å². The average molecular weight is 661 g/mol. The summed E-state index contributed by atoms with van der Waals surface area (Å²) < 4.78 is 51.0. The molecule has 2 aromatic rings. The molecule has 0 saturated carbocycles. The van der Waals surface area contributed by atoms with E-state index in [9.17, 15) is 24.1 Å². The van der Waals surface area contributed by atoms with Crippen molar-refractivity contribution < 1.29 is 22.7 Å². The van der Waals surface area contributed by atoms with Crippen LogP contribution in [0, 0.1) is 28.6 Å². The molecule has 3 heterocycles. The van der Waals surface area contributed by atoms with Crippen molar-refractivity contribution in [2.45, 2.75) is 37.1 Å². The molecule has 3 aliphatic heterocycles. The van der Waals surface area contributed by atoms with Gasteiger partial charge in [-0.05, 0) is 30.5 Å². The van der Waals surface area contributed by atoms with E-state index < -0.39 is 41.7 Å². The van der Waals surface area contributed by atoms with Gasteiger partial charge in [-0.15, -0.1) is 0 Å². The third-order valence-corrected chi connectivity index (χ3v) is 9.63. The lowest BCUT2D eigenvalue weighted by Crippen LogP contribution is -2.56. The number of halogens is 4. The van der Waals surface area contributed by atoms with Gasteiger partial charge < -0.3 is 14.5 Å². The van der Waals surface area contributed by atoms with E-state index in [0.717, 1.165) is 5.39 Å². The number of benzene rings is 2. The van der Waals surface area contributed by atoms with Crippen LogP contribution >= 0.6 is 11.6 Å². The minimum absolute atomic E-state index is 0.0382. The Morgan fingerprint density at radius 2 is 1.94 bits per heavy atom. The van der Waals surface area contributed by atoms with Gasteiger partial charge in [0.1, 0.15) is 36.3 Å². The van der Waals surface area contributed by atoms with Crippen LogP contribution in [0.2, 0.25) is 5.02 Å². The smallest absolute Gasteiger partial charge is 0.282 e. The number of carbonyl (C=O) groups excluding carboxylic acids is 1. The van der Waals surface area contributed by atoms with Gasteiger partial charge in [-0.1, -0.05) is 60.7 Å². The summed E-state index contributed by atoms with van der Waals surface area (Å²) in [6.45, 7) is 3.73. The number of allylic oxidation sites excluding steroid dienone is 2. The number of dihydropyridines is 1. The van der Waals surface area contributed by atoms with E-state index in [1.807, 2.05) is 34.1 Å². The first-order valence-corrected chi connectivity index (χ1v) is 15.7. The summed E-state index contributed by atoms with van der Waals surface area (Å²) in [5.41, 5.74) is 1.40. The van der Waals surface area contributed by atoms with Crippen LogP contribution < -0.4 is 0 Å². The van der Waals surface area contributed by atoms with Crippen molar-refractivity contribution in [2.24, 2.45) is 10.9 Å². The highest BCUT2D eigenvalue weighted by molar-refractivity contribution is 6.36. The molecule has 2 aromatic carbocycles. The molecular formula is C35H32ClF3N6O2. The van der Waals surface area contributed by atoms with Crippen LogP contribution in [-0.4, -0.2) is 90.6 Å². The summed E-state index contributed by atoms with van der Waals surface area (Å²) in [4.78, 5) is 22.2. The van der Waals surface area contributed by atoms with Crippen molar-refractivity contribution in [3.8, 4) is 12.1 Å². The number of alkyl halides is 1. The molecule has 242 valence electrons. The van der Waals surface area contributed by atoms with E-state index in [1.54, 1.807) is 31.3 Å². The van der Waals surface area contributed by atoms with Crippen LogP contribution in [-0.2, 0) is 9.53 Å². The molecule has 2 saturated heterocycles. The van der Waals surface area contributed by atoms with Gasteiger partial charge in [-0.2, -0.15) is 10.5 Å². The Kier molecular flexibility index (Phi) is 9.14. The predicted octanol–water partition coefficient (Wildman–Crippen LogP) is 5.89. The number of rotatable bonds is 6. The van der Waals surface area contributed by atoms with Crippen molar-refractivity contribution in [1.29, 1.82) is 10.5 Å². The van der Waals surface area contributed by atoms with Crippen LogP contribution in [0.25, 0.3) is 16.3 Å². The summed E-state index contributed by atoms with van der Waals surface area (Å²) in [5.74, 6) is -3.36. The van der Waals surface area contributed by atoms with E-state index in [-0.39, 0.29) is 63.1 Å². The van der Waals surface area contributed by atoms with E-state index in [1.165, 1.54) is 4.90 Å². The molecular weight excluding hydrogens is 629 g/mol. The number of carbonyl (C=O) groups is 1. The topological polar surface area (TPSA) is 96.0 Å². The zero-order chi connectivity index (χ0) is 33.4. The maximum Gasteiger partial charge on any atom is 0.282 e. The van der Waals surface area contributed by atoms with Crippen LogP contribution in [0.5, 0.6) is 0 Å². The number of fused-ring (bicyclic) bond motifs is 2. The highest BCUT2D eigenvalue weighted by atomic mass is 35.5. The number of nitrogens with zero attached hydrogens (tertiary/aromatic N) is 6. The third-order valence-electron chi connectivity index (χ3n) is 9.32. The first kappa shape index (κ1) is 32.4. The van der Waals surface area contributed by atoms with Crippen LogP contribution in [0.4, 0.5) is 13.2 Å². The number of hydrogen-bond acceptors (Lipinski definition) is 7. The quantitative estimate of drug-likeness (QED) is 0.359. The molecule has 0 N–H and O–H groups in total. The lowest BCUT2D eigenvalue weighted by atomic mass is 9.81. The first-order valence-electron chi connectivity index (χ1n) is 15.3. The number of piperazine rings is 1. The Hall–Kier alpha value is -4.58. The molecule has 8 nitrogen and oxygen atoms in total. The maximum atomic E-state index is 16.9. The van der Waals surface area contributed by atoms with Gasteiger partial charge in [0.05, 0.1) is 18.5 Å². The fourth-order valence-corrected chi connectivity index (χ4v) is 7.31. The van der Waals surface area contributed by atoms with Crippen LogP contribution in [0.3, 0.4) is 0 Å². The van der Waals surface area contributed by atoms with Crippen molar-refractivity contribution in [2.75, 3.05) is 39.8 Å². The Labute approximate surface area is 275 Å². The number of likely N-dealkylation sites (N-methyl/N-ethyl adjacent to an activating group) is 1. The van der Waals surface area contributed by atoms with Crippen LogP contribution in [0.1, 0.15) is 18.4 Å². The standard InChI is InChI=1S/C35H32ClF3N6O2/c1-20(37)35(46)45-14-13-44(18-23(45)11-12-40)33-27-10-9-26(25-7-3-5-21-6-4-8-29(36)30(21)25)31(39)32(27)42-34(28(33)16-41)47-19-24-15-22(38)17-43(24)2/h3-10,22-24,27,32H,1,11,13-15,17-19H2,2H3/t22-,23+,24+,27?,32?/m1/s1. The Balaban J connectivity index is 1.42. The van der Waals surface area contributed by atoms with Crippen molar-refractivity contribution in [3.05, 3.63) is 88.6 Å². The zero-order valence-corrected chi connectivity index (χ0v) is 26.4. The van der Waals surface area contributed by atoms with Gasteiger partial charge in [-0.3, -0.25) is 9.69 Å². The molecule has 0 spiro atoms. The van der Waals surface area contributed by atoms with Gasteiger partial charge in [0.2, 0.25) is 5.90 Å². The van der Waals surface area contributed by atoms with Crippen molar-refractivity contribution >= 4 is 39.8 Å². The number of aliphatic imine (C=N–C) groups is 1. The third kappa shape index (κ3) is 6.02. The summed E-state index contributed by atoms with van der Waals surface area (Å²) >= 11 is 6.59. The number of ether oxygens (including phenoxy) is 1. The first-order chi connectivity index (χ1) is 22.6. The van der Waals surface area contributed by atoms with Gasteiger partial charge in [0.15, 0.2) is 5.83 Å². The van der Waals surface area contributed by atoms with Crippen molar-refractivity contribution in [1.82, 2.24) is 14.7 Å².